The molecule has 156 valence electrons. The molecule has 0 amide bonds. The van der Waals surface area contributed by atoms with E-state index in [2.05, 4.69) is 20.2 Å². The van der Waals surface area contributed by atoms with Crippen LogP contribution in [0.25, 0.3) is 44.6 Å². The second kappa shape index (κ2) is 6.83. The zero-order valence-corrected chi connectivity index (χ0v) is 17.1. The second-order valence-corrected chi connectivity index (χ2v) is 8.59. The van der Waals surface area contributed by atoms with Crippen molar-refractivity contribution < 1.29 is 18.3 Å². The number of aromatic hydroxyl groups is 1. The van der Waals surface area contributed by atoms with Crippen LogP contribution < -0.4 is 9.88 Å². The number of imidazole rings is 1. The third-order valence-electron chi connectivity index (χ3n) is 5.07. The van der Waals surface area contributed by atoms with Gasteiger partial charge in [-0.25, -0.2) is 18.5 Å². The highest BCUT2D eigenvalue weighted by Gasteiger charge is 2.16. The second-order valence-electron chi connectivity index (χ2n) is 7.03. The van der Waals surface area contributed by atoms with E-state index < -0.39 is 10.0 Å². The summed E-state index contributed by atoms with van der Waals surface area (Å²) in [4.78, 5) is 7.65. The number of phenols is 1. The number of primary sulfonamides is 1. The van der Waals surface area contributed by atoms with Gasteiger partial charge in [-0.3, -0.25) is 5.10 Å². The molecule has 0 aliphatic carbocycles. The number of nitrogens with zero attached hydrogens (tertiary/aromatic N) is 2. The summed E-state index contributed by atoms with van der Waals surface area (Å²) in [6.07, 6.45) is 0. The molecular formula is C21H17N5O4S. The third-order valence-corrected chi connectivity index (χ3v) is 5.98. The number of sulfonamides is 1. The van der Waals surface area contributed by atoms with Crippen LogP contribution in [-0.2, 0) is 10.0 Å². The van der Waals surface area contributed by atoms with Gasteiger partial charge in [0.25, 0.3) is 0 Å². The average Bonchev–Trinajstić information content (AvgIpc) is 3.35. The minimum atomic E-state index is -3.81. The van der Waals surface area contributed by atoms with Gasteiger partial charge in [-0.05, 0) is 48.0 Å². The van der Waals surface area contributed by atoms with E-state index in [0.717, 1.165) is 22.0 Å². The van der Waals surface area contributed by atoms with Crippen molar-refractivity contribution in [2.75, 3.05) is 7.11 Å². The first-order valence-corrected chi connectivity index (χ1v) is 10.8. The molecule has 0 saturated heterocycles. The molecule has 10 heteroatoms. The zero-order valence-electron chi connectivity index (χ0n) is 16.2. The smallest absolute Gasteiger partial charge is 0.238 e. The molecule has 0 aliphatic rings. The van der Waals surface area contributed by atoms with Crippen LogP contribution in [0.15, 0.2) is 59.5 Å². The predicted octanol–water partition coefficient (Wildman–Crippen LogP) is 3.13. The molecule has 0 atom stereocenters. The third kappa shape index (κ3) is 3.27. The van der Waals surface area contributed by atoms with E-state index >= 15 is 0 Å². The van der Waals surface area contributed by atoms with Gasteiger partial charge in [0.2, 0.25) is 10.0 Å². The number of phenolic OH excluding ortho intramolecular Hbond substituents is 1. The van der Waals surface area contributed by atoms with Crippen molar-refractivity contribution in [3.8, 4) is 34.1 Å². The van der Waals surface area contributed by atoms with Crippen molar-refractivity contribution in [3.63, 3.8) is 0 Å². The Hall–Kier alpha value is -3.89. The number of H-pyrrole nitrogens is 2. The number of aromatic amines is 2. The first kappa shape index (κ1) is 19.1. The summed E-state index contributed by atoms with van der Waals surface area (Å²) in [5, 5.41) is 23.1. The van der Waals surface area contributed by atoms with Crippen LogP contribution in [0, 0.1) is 0 Å². The lowest BCUT2D eigenvalue weighted by Gasteiger charge is -2.09. The van der Waals surface area contributed by atoms with Gasteiger partial charge in [0, 0.05) is 17.0 Å². The van der Waals surface area contributed by atoms with Crippen LogP contribution in [0.1, 0.15) is 0 Å². The number of ether oxygens (including phenoxy) is 1. The maximum Gasteiger partial charge on any atom is 0.238 e. The highest BCUT2D eigenvalue weighted by molar-refractivity contribution is 7.89. The van der Waals surface area contributed by atoms with Crippen LogP contribution in [-0.4, -0.2) is 40.8 Å². The SMILES string of the molecule is COc1cc(O)ccc1-c1ccc2c(-c3nc4cc(S(N)(=O)=O)ccc4[nH]3)n[nH]c2c1. The molecule has 5 rings (SSSR count). The monoisotopic (exact) mass is 435 g/mol. The van der Waals surface area contributed by atoms with Gasteiger partial charge in [-0.15, -0.1) is 0 Å². The molecule has 2 heterocycles. The van der Waals surface area contributed by atoms with Crippen LogP contribution in [0.3, 0.4) is 0 Å². The number of nitrogens with two attached hydrogens (primary N) is 1. The molecule has 0 spiro atoms. The maximum atomic E-state index is 11.6. The van der Waals surface area contributed by atoms with E-state index in [1.54, 1.807) is 31.4 Å². The molecule has 0 bridgehead atoms. The number of benzene rings is 3. The Labute approximate surface area is 176 Å². The first-order chi connectivity index (χ1) is 14.8. The largest absolute Gasteiger partial charge is 0.508 e. The van der Waals surface area contributed by atoms with Gasteiger partial charge in [0.05, 0.1) is 28.6 Å². The van der Waals surface area contributed by atoms with Crippen molar-refractivity contribution in [1.82, 2.24) is 20.2 Å². The molecule has 0 aliphatic heterocycles. The van der Waals surface area contributed by atoms with Gasteiger partial charge in [-0.2, -0.15) is 5.10 Å². The summed E-state index contributed by atoms with van der Waals surface area (Å²) in [6.45, 7) is 0. The van der Waals surface area contributed by atoms with Gasteiger partial charge in [0.15, 0.2) is 5.82 Å². The van der Waals surface area contributed by atoms with Crippen molar-refractivity contribution in [3.05, 3.63) is 54.6 Å². The first-order valence-electron chi connectivity index (χ1n) is 9.22. The number of hydrogen-bond donors (Lipinski definition) is 4. The molecule has 0 radical (unpaired) electrons. The Bertz CT molecular complexity index is 1570. The maximum absolute atomic E-state index is 11.6. The number of methoxy groups -OCH3 is 1. The fourth-order valence-corrected chi connectivity index (χ4v) is 4.09. The van der Waals surface area contributed by atoms with E-state index in [1.165, 1.54) is 12.1 Å². The minimum absolute atomic E-state index is 0.00239. The van der Waals surface area contributed by atoms with Gasteiger partial charge >= 0.3 is 0 Å². The fourth-order valence-electron chi connectivity index (χ4n) is 3.56. The average molecular weight is 435 g/mol. The lowest BCUT2D eigenvalue weighted by atomic mass is 10.0. The van der Waals surface area contributed by atoms with Crippen molar-refractivity contribution in [2.45, 2.75) is 4.90 Å². The van der Waals surface area contributed by atoms with E-state index in [0.29, 0.717) is 28.3 Å². The Morgan fingerprint density at radius 1 is 1.03 bits per heavy atom. The molecule has 9 nitrogen and oxygen atoms in total. The predicted molar refractivity (Wildman–Crippen MR) is 116 cm³/mol. The van der Waals surface area contributed by atoms with Crippen LogP contribution in [0.4, 0.5) is 0 Å². The fraction of sp³-hybridized carbons (Fsp3) is 0.0476. The number of rotatable bonds is 4. The summed E-state index contributed by atoms with van der Waals surface area (Å²) < 4.78 is 28.6. The lowest BCUT2D eigenvalue weighted by Crippen LogP contribution is -2.11. The van der Waals surface area contributed by atoms with Crippen LogP contribution in [0.2, 0.25) is 0 Å². The summed E-state index contributed by atoms with van der Waals surface area (Å²) in [5.74, 6) is 1.19. The van der Waals surface area contributed by atoms with E-state index in [-0.39, 0.29) is 10.6 Å². The number of nitrogens with one attached hydrogen (secondary N) is 2. The molecule has 3 aromatic carbocycles. The Morgan fingerprint density at radius 3 is 2.65 bits per heavy atom. The quantitative estimate of drug-likeness (QED) is 0.341. The van der Waals surface area contributed by atoms with Crippen molar-refractivity contribution in [2.24, 2.45) is 5.14 Å². The molecule has 0 fully saturated rings. The molecular weight excluding hydrogens is 418 g/mol. The topological polar surface area (TPSA) is 147 Å². The highest BCUT2D eigenvalue weighted by Crippen LogP contribution is 2.35. The summed E-state index contributed by atoms with van der Waals surface area (Å²) in [5.41, 5.74) is 4.26. The number of fused-ring (bicyclic) bond motifs is 2. The summed E-state index contributed by atoms with van der Waals surface area (Å²) in [7, 11) is -2.27. The van der Waals surface area contributed by atoms with E-state index in [9.17, 15) is 13.5 Å². The zero-order chi connectivity index (χ0) is 21.8. The molecule has 0 unspecified atom stereocenters. The van der Waals surface area contributed by atoms with Gasteiger partial charge < -0.3 is 14.8 Å². The highest BCUT2D eigenvalue weighted by atomic mass is 32.2. The van der Waals surface area contributed by atoms with Crippen LogP contribution in [0.5, 0.6) is 11.5 Å². The van der Waals surface area contributed by atoms with E-state index in [4.69, 9.17) is 9.88 Å². The van der Waals surface area contributed by atoms with Gasteiger partial charge in [-0.1, -0.05) is 6.07 Å². The van der Waals surface area contributed by atoms with Crippen molar-refractivity contribution >= 4 is 32.0 Å². The molecule has 2 aromatic heterocycles. The standard InChI is InChI=1S/C21H17N5O4S/c1-30-19-9-12(27)3-6-14(19)11-2-5-15-17(8-11)25-26-20(15)21-23-16-7-4-13(31(22,28)29)10-18(16)24-21/h2-10,27H,1H3,(H,23,24)(H,25,26)(H2,22,28,29). The molecule has 0 saturated carbocycles. The number of aromatic nitrogens is 4. The van der Waals surface area contributed by atoms with E-state index in [1.807, 2.05) is 18.2 Å². The Balaban J connectivity index is 1.59. The molecule has 5 N–H and O–H groups in total. The van der Waals surface area contributed by atoms with Gasteiger partial charge in [0.1, 0.15) is 17.2 Å². The Kier molecular flexibility index (Phi) is 4.20. The summed E-state index contributed by atoms with van der Waals surface area (Å²) >= 11 is 0. The Morgan fingerprint density at radius 2 is 1.87 bits per heavy atom. The minimum Gasteiger partial charge on any atom is -0.508 e. The summed E-state index contributed by atoms with van der Waals surface area (Å²) in [6, 6.07) is 15.2. The van der Waals surface area contributed by atoms with Crippen LogP contribution >= 0.6 is 0 Å². The molecule has 31 heavy (non-hydrogen) atoms. The van der Waals surface area contributed by atoms with Crippen molar-refractivity contribution in [1.29, 1.82) is 0 Å². The lowest BCUT2D eigenvalue weighted by molar-refractivity contribution is 0.409. The molecule has 5 aromatic rings. The number of hydrogen-bond acceptors (Lipinski definition) is 6. The normalized spacial score (nSPS) is 11.9.